The number of carbonyl (C=O) groups excluding carboxylic acids is 1. The van der Waals surface area contributed by atoms with Gasteiger partial charge in [-0.05, 0) is 42.7 Å². The SMILES string of the molecule is COc1ccc(CN=C(NCCNC(=O)C2CC2)NCCc2ccco2)cc1. The fraction of sp³-hybridized carbons (Fsp3) is 0.429. The minimum atomic E-state index is 0.157. The van der Waals surface area contributed by atoms with Crippen molar-refractivity contribution in [2.45, 2.75) is 25.8 Å². The van der Waals surface area contributed by atoms with Gasteiger partial charge in [0.25, 0.3) is 0 Å². The van der Waals surface area contributed by atoms with Crippen molar-refractivity contribution in [3.8, 4) is 5.75 Å². The number of guanidine groups is 1. The zero-order valence-corrected chi connectivity index (χ0v) is 16.2. The molecule has 1 aliphatic rings. The Morgan fingerprint density at radius 2 is 1.86 bits per heavy atom. The maximum Gasteiger partial charge on any atom is 0.223 e. The number of nitrogens with zero attached hydrogens (tertiary/aromatic N) is 1. The van der Waals surface area contributed by atoms with Gasteiger partial charge in [-0.15, -0.1) is 0 Å². The molecule has 1 heterocycles. The summed E-state index contributed by atoms with van der Waals surface area (Å²) in [6.07, 6.45) is 4.48. The van der Waals surface area contributed by atoms with Crippen LogP contribution >= 0.6 is 0 Å². The minimum Gasteiger partial charge on any atom is -0.497 e. The summed E-state index contributed by atoms with van der Waals surface area (Å²) < 4.78 is 10.5. The summed E-state index contributed by atoms with van der Waals surface area (Å²) >= 11 is 0. The third-order valence-electron chi connectivity index (χ3n) is 4.49. The van der Waals surface area contributed by atoms with Crippen LogP contribution in [0.25, 0.3) is 0 Å². The van der Waals surface area contributed by atoms with Gasteiger partial charge in [0.15, 0.2) is 5.96 Å². The molecule has 1 saturated carbocycles. The number of furan rings is 1. The number of methoxy groups -OCH3 is 1. The van der Waals surface area contributed by atoms with Crippen LogP contribution in [0.15, 0.2) is 52.1 Å². The smallest absolute Gasteiger partial charge is 0.223 e. The maximum absolute atomic E-state index is 11.7. The number of ether oxygens (including phenoxy) is 1. The Bertz CT molecular complexity index is 752. The van der Waals surface area contributed by atoms with Gasteiger partial charge in [-0.1, -0.05) is 12.1 Å². The average Bonchev–Trinajstić information content (AvgIpc) is 3.45. The van der Waals surface area contributed by atoms with E-state index < -0.39 is 0 Å². The molecule has 0 radical (unpaired) electrons. The molecule has 0 atom stereocenters. The number of carbonyl (C=O) groups is 1. The second kappa shape index (κ2) is 10.4. The fourth-order valence-corrected chi connectivity index (χ4v) is 2.69. The molecule has 7 heteroatoms. The van der Waals surface area contributed by atoms with Crippen LogP contribution in [0.3, 0.4) is 0 Å². The molecule has 0 spiro atoms. The van der Waals surface area contributed by atoms with E-state index in [2.05, 4.69) is 20.9 Å². The first-order chi connectivity index (χ1) is 13.7. The molecule has 28 heavy (non-hydrogen) atoms. The lowest BCUT2D eigenvalue weighted by Crippen LogP contribution is -2.42. The zero-order valence-electron chi connectivity index (χ0n) is 16.2. The molecule has 150 valence electrons. The highest BCUT2D eigenvalue weighted by atomic mass is 16.5. The summed E-state index contributed by atoms with van der Waals surface area (Å²) in [5.41, 5.74) is 1.09. The summed E-state index contributed by atoms with van der Waals surface area (Å²) in [5.74, 6) is 2.86. The van der Waals surface area contributed by atoms with E-state index in [1.165, 1.54) is 0 Å². The standard InChI is InChI=1S/C21H28N4O3/c1-27-18-8-4-16(5-9-18)15-25-21(23-11-10-19-3-2-14-28-19)24-13-12-22-20(26)17-6-7-17/h2-5,8-9,14,17H,6-7,10-13,15H2,1H3,(H,22,26)(H2,23,24,25). The Kier molecular flexibility index (Phi) is 7.35. The van der Waals surface area contributed by atoms with Crippen molar-refractivity contribution in [1.82, 2.24) is 16.0 Å². The summed E-state index contributed by atoms with van der Waals surface area (Å²) in [6.45, 7) is 2.45. The third kappa shape index (κ3) is 6.64. The van der Waals surface area contributed by atoms with Crippen molar-refractivity contribution < 1.29 is 13.9 Å². The van der Waals surface area contributed by atoms with E-state index in [1.807, 2.05) is 36.4 Å². The van der Waals surface area contributed by atoms with Crippen LogP contribution in [-0.2, 0) is 17.8 Å². The average molecular weight is 384 g/mol. The molecule has 7 nitrogen and oxygen atoms in total. The molecule has 2 aromatic rings. The van der Waals surface area contributed by atoms with Crippen LogP contribution in [0.2, 0.25) is 0 Å². The van der Waals surface area contributed by atoms with E-state index in [0.29, 0.717) is 32.1 Å². The number of aliphatic imine (C=N–C) groups is 1. The molecule has 1 aliphatic carbocycles. The van der Waals surface area contributed by atoms with Gasteiger partial charge in [0.1, 0.15) is 11.5 Å². The summed E-state index contributed by atoms with van der Waals surface area (Å²) in [6, 6.07) is 11.7. The Hall–Kier alpha value is -2.96. The van der Waals surface area contributed by atoms with E-state index in [-0.39, 0.29) is 11.8 Å². The first kappa shape index (κ1) is 19.8. The molecule has 3 rings (SSSR count). The number of benzene rings is 1. The van der Waals surface area contributed by atoms with Crippen LogP contribution in [0.1, 0.15) is 24.2 Å². The van der Waals surface area contributed by atoms with Crippen molar-refractivity contribution >= 4 is 11.9 Å². The molecule has 1 aromatic heterocycles. The monoisotopic (exact) mass is 384 g/mol. The van der Waals surface area contributed by atoms with Gasteiger partial charge in [-0.3, -0.25) is 4.79 Å². The summed E-state index contributed by atoms with van der Waals surface area (Å²) in [7, 11) is 1.65. The van der Waals surface area contributed by atoms with Crippen molar-refractivity contribution in [3.63, 3.8) is 0 Å². The van der Waals surface area contributed by atoms with Gasteiger partial charge >= 0.3 is 0 Å². The third-order valence-corrected chi connectivity index (χ3v) is 4.49. The molecule has 1 amide bonds. The predicted molar refractivity (Wildman–Crippen MR) is 108 cm³/mol. The van der Waals surface area contributed by atoms with Crippen LogP contribution in [-0.4, -0.2) is 38.6 Å². The zero-order chi connectivity index (χ0) is 19.6. The van der Waals surface area contributed by atoms with Crippen LogP contribution in [0, 0.1) is 5.92 Å². The molecule has 3 N–H and O–H groups in total. The lowest BCUT2D eigenvalue weighted by atomic mass is 10.2. The Balaban J connectivity index is 1.48. The number of nitrogens with one attached hydrogen (secondary N) is 3. The van der Waals surface area contributed by atoms with Crippen molar-refractivity contribution in [1.29, 1.82) is 0 Å². The number of amides is 1. The lowest BCUT2D eigenvalue weighted by molar-refractivity contribution is -0.122. The van der Waals surface area contributed by atoms with Crippen LogP contribution in [0.5, 0.6) is 5.75 Å². The summed E-state index contributed by atoms with van der Waals surface area (Å²) in [4.78, 5) is 16.4. The highest BCUT2D eigenvalue weighted by molar-refractivity contribution is 5.81. The van der Waals surface area contributed by atoms with Gasteiger partial charge in [0, 0.05) is 32.0 Å². The van der Waals surface area contributed by atoms with Crippen molar-refractivity contribution in [3.05, 3.63) is 54.0 Å². The minimum absolute atomic E-state index is 0.157. The highest BCUT2D eigenvalue weighted by Crippen LogP contribution is 2.28. The van der Waals surface area contributed by atoms with Gasteiger partial charge in [-0.2, -0.15) is 0 Å². The molecule has 0 aliphatic heterocycles. The van der Waals surface area contributed by atoms with Crippen LogP contribution < -0.4 is 20.7 Å². The van der Waals surface area contributed by atoms with E-state index in [4.69, 9.17) is 9.15 Å². The number of hydrogen-bond donors (Lipinski definition) is 3. The van der Waals surface area contributed by atoms with E-state index in [0.717, 1.165) is 36.3 Å². The van der Waals surface area contributed by atoms with Gasteiger partial charge in [0.2, 0.25) is 5.91 Å². The quantitative estimate of drug-likeness (QED) is 0.332. The second-order valence-electron chi connectivity index (χ2n) is 6.76. The summed E-state index contributed by atoms with van der Waals surface area (Å²) in [5, 5.41) is 9.54. The van der Waals surface area contributed by atoms with E-state index in [9.17, 15) is 4.79 Å². The molecule has 0 bridgehead atoms. The van der Waals surface area contributed by atoms with Crippen molar-refractivity contribution in [2.24, 2.45) is 10.9 Å². The van der Waals surface area contributed by atoms with Crippen LogP contribution in [0.4, 0.5) is 0 Å². The Morgan fingerprint density at radius 1 is 1.11 bits per heavy atom. The van der Waals surface area contributed by atoms with E-state index in [1.54, 1.807) is 13.4 Å². The first-order valence-corrected chi connectivity index (χ1v) is 9.70. The second-order valence-corrected chi connectivity index (χ2v) is 6.76. The molecule has 1 aromatic carbocycles. The first-order valence-electron chi connectivity index (χ1n) is 9.70. The van der Waals surface area contributed by atoms with Gasteiger partial charge in [0.05, 0.1) is 19.9 Å². The molecule has 0 saturated heterocycles. The van der Waals surface area contributed by atoms with Gasteiger partial charge in [-0.25, -0.2) is 4.99 Å². The van der Waals surface area contributed by atoms with Gasteiger partial charge < -0.3 is 25.1 Å². The Morgan fingerprint density at radius 3 is 2.54 bits per heavy atom. The molecule has 1 fully saturated rings. The van der Waals surface area contributed by atoms with Crippen molar-refractivity contribution in [2.75, 3.05) is 26.7 Å². The predicted octanol–water partition coefficient (Wildman–Crippen LogP) is 2.09. The molecular formula is C21H28N4O3. The van der Waals surface area contributed by atoms with E-state index >= 15 is 0 Å². The highest BCUT2D eigenvalue weighted by Gasteiger charge is 2.28. The number of hydrogen-bond acceptors (Lipinski definition) is 4. The molecule has 0 unspecified atom stereocenters. The molecular weight excluding hydrogens is 356 g/mol. The topological polar surface area (TPSA) is 87.9 Å². The Labute approximate surface area is 165 Å². The maximum atomic E-state index is 11.7. The normalized spacial score (nSPS) is 13.8. The number of rotatable bonds is 10. The fourth-order valence-electron chi connectivity index (χ4n) is 2.69. The largest absolute Gasteiger partial charge is 0.497 e. The lowest BCUT2D eigenvalue weighted by Gasteiger charge is -2.13.